The molecular weight excluding hydrogens is 376 g/mol. The van der Waals surface area contributed by atoms with Gasteiger partial charge in [-0.2, -0.15) is 0 Å². The van der Waals surface area contributed by atoms with E-state index in [0.717, 1.165) is 24.3 Å². The van der Waals surface area contributed by atoms with Gasteiger partial charge in [0.15, 0.2) is 0 Å². The Morgan fingerprint density at radius 3 is 2.14 bits per heavy atom. The summed E-state index contributed by atoms with van der Waals surface area (Å²) in [6.07, 6.45) is 7.11. The minimum absolute atomic E-state index is 0.0460. The van der Waals surface area contributed by atoms with Crippen LogP contribution in [0, 0.1) is 23.2 Å². The molecule has 0 aromatic heterocycles. The van der Waals surface area contributed by atoms with E-state index in [-0.39, 0.29) is 22.8 Å². The molecule has 1 aromatic carbocycles. The molecule has 28 heavy (non-hydrogen) atoms. The second-order valence-electron chi connectivity index (χ2n) is 9.33. The molecule has 1 atom stereocenters. The van der Waals surface area contributed by atoms with Gasteiger partial charge < -0.3 is 10.4 Å². The summed E-state index contributed by atoms with van der Waals surface area (Å²) in [5.74, 6) is 2.40. The van der Waals surface area contributed by atoms with Crippen molar-refractivity contribution in [2.24, 2.45) is 23.2 Å². The number of sulfonamides is 1. The molecule has 3 N–H and O–H groups in total. The van der Waals surface area contributed by atoms with E-state index in [9.17, 15) is 18.3 Å². The van der Waals surface area contributed by atoms with Crippen molar-refractivity contribution in [2.75, 3.05) is 13.1 Å². The lowest BCUT2D eigenvalue weighted by Gasteiger charge is -2.56. The van der Waals surface area contributed by atoms with Crippen LogP contribution in [0.3, 0.4) is 0 Å². The van der Waals surface area contributed by atoms with E-state index in [0.29, 0.717) is 5.56 Å². The van der Waals surface area contributed by atoms with Crippen molar-refractivity contribution in [1.29, 1.82) is 0 Å². The summed E-state index contributed by atoms with van der Waals surface area (Å²) in [5.41, 5.74) is 0.748. The summed E-state index contributed by atoms with van der Waals surface area (Å²) < 4.78 is 26.7. The number of aliphatic hydroxyl groups is 1. The fourth-order valence-corrected chi connectivity index (χ4v) is 7.10. The monoisotopic (exact) mass is 406 g/mol. The molecule has 7 heteroatoms. The molecule has 0 heterocycles. The highest BCUT2D eigenvalue weighted by Gasteiger charge is 2.50. The van der Waals surface area contributed by atoms with Crippen LogP contribution < -0.4 is 10.0 Å². The first-order valence-electron chi connectivity index (χ1n) is 10.3. The Kier molecular flexibility index (Phi) is 5.27. The molecule has 0 aliphatic heterocycles. The lowest BCUT2D eigenvalue weighted by Crippen LogP contribution is -2.51. The molecule has 5 rings (SSSR count). The van der Waals surface area contributed by atoms with Gasteiger partial charge in [-0.25, -0.2) is 13.1 Å². The fourth-order valence-electron chi connectivity index (χ4n) is 5.98. The van der Waals surface area contributed by atoms with E-state index >= 15 is 0 Å². The Morgan fingerprint density at radius 1 is 1.11 bits per heavy atom. The third kappa shape index (κ3) is 4.11. The molecule has 4 bridgehead atoms. The topological polar surface area (TPSA) is 95.5 Å². The maximum Gasteiger partial charge on any atom is 0.251 e. The van der Waals surface area contributed by atoms with E-state index in [2.05, 4.69) is 10.0 Å². The van der Waals surface area contributed by atoms with Crippen LogP contribution in [0.5, 0.6) is 0 Å². The molecule has 0 saturated heterocycles. The summed E-state index contributed by atoms with van der Waals surface area (Å²) in [4.78, 5) is 12.7. The Balaban J connectivity index is 1.37. The molecule has 4 aliphatic carbocycles. The van der Waals surface area contributed by atoms with Crippen LogP contribution >= 0.6 is 0 Å². The van der Waals surface area contributed by atoms with Crippen LogP contribution in [0.15, 0.2) is 29.2 Å². The molecule has 154 valence electrons. The number of carbonyl (C=O) groups is 1. The molecular formula is C21H30N2O4S. The highest BCUT2D eigenvalue weighted by atomic mass is 32.2. The van der Waals surface area contributed by atoms with Crippen molar-refractivity contribution in [3.05, 3.63) is 29.8 Å². The van der Waals surface area contributed by atoms with Gasteiger partial charge in [-0.05, 0) is 92.9 Å². The zero-order valence-corrected chi connectivity index (χ0v) is 17.2. The van der Waals surface area contributed by atoms with Crippen molar-refractivity contribution in [3.63, 3.8) is 0 Å². The lowest BCUT2D eigenvalue weighted by atomic mass is 9.49. The van der Waals surface area contributed by atoms with Gasteiger partial charge in [0.05, 0.1) is 11.0 Å². The van der Waals surface area contributed by atoms with Gasteiger partial charge >= 0.3 is 0 Å². The first-order chi connectivity index (χ1) is 13.2. The molecule has 1 amide bonds. The summed E-state index contributed by atoms with van der Waals surface area (Å²) in [7, 11) is -3.68. The number of carbonyl (C=O) groups excluding carboxylic acids is 1. The van der Waals surface area contributed by atoms with E-state index < -0.39 is 16.1 Å². The number of nitrogens with one attached hydrogen (secondary N) is 2. The van der Waals surface area contributed by atoms with Gasteiger partial charge in [0, 0.05) is 18.7 Å². The fraction of sp³-hybridized carbons (Fsp3) is 0.667. The molecule has 0 radical (unpaired) electrons. The van der Waals surface area contributed by atoms with Crippen LogP contribution in [0.1, 0.15) is 55.8 Å². The third-order valence-electron chi connectivity index (χ3n) is 6.78. The Morgan fingerprint density at radius 2 is 1.64 bits per heavy atom. The Labute approximate surface area is 167 Å². The maximum absolute atomic E-state index is 12.6. The van der Waals surface area contributed by atoms with E-state index in [1.807, 2.05) is 0 Å². The molecule has 1 unspecified atom stereocenters. The van der Waals surface area contributed by atoms with Gasteiger partial charge in [0.2, 0.25) is 10.0 Å². The highest BCUT2D eigenvalue weighted by molar-refractivity contribution is 7.89. The minimum Gasteiger partial charge on any atom is -0.392 e. The zero-order chi connectivity index (χ0) is 19.9. The van der Waals surface area contributed by atoms with E-state index in [1.54, 1.807) is 12.1 Å². The second-order valence-corrected chi connectivity index (χ2v) is 11.1. The molecule has 0 spiro atoms. The van der Waals surface area contributed by atoms with E-state index in [1.165, 1.54) is 57.6 Å². The second kappa shape index (κ2) is 7.43. The summed E-state index contributed by atoms with van der Waals surface area (Å²) >= 11 is 0. The van der Waals surface area contributed by atoms with Gasteiger partial charge in [-0.15, -0.1) is 0 Å². The average Bonchev–Trinajstić information content (AvgIpc) is 2.64. The molecule has 6 nitrogen and oxygen atoms in total. The van der Waals surface area contributed by atoms with Crippen molar-refractivity contribution in [2.45, 2.75) is 56.4 Å². The van der Waals surface area contributed by atoms with Crippen molar-refractivity contribution in [1.82, 2.24) is 10.0 Å². The largest absolute Gasteiger partial charge is 0.392 e. The summed E-state index contributed by atoms with van der Waals surface area (Å²) in [6.45, 7) is 2.20. The van der Waals surface area contributed by atoms with Crippen LogP contribution in [0.25, 0.3) is 0 Å². The minimum atomic E-state index is -3.68. The maximum atomic E-state index is 12.6. The van der Waals surface area contributed by atoms with E-state index in [4.69, 9.17) is 0 Å². The number of hydrogen-bond donors (Lipinski definition) is 3. The third-order valence-corrected chi connectivity index (χ3v) is 8.22. The van der Waals surface area contributed by atoms with Crippen LogP contribution in [-0.4, -0.2) is 38.6 Å². The molecule has 4 saturated carbocycles. The quantitative estimate of drug-likeness (QED) is 0.647. The van der Waals surface area contributed by atoms with Gasteiger partial charge in [-0.1, -0.05) is 0 Å². The van der Waals surface area contributed by atoms with Gasteiger partial charge in [0.25, 0.3) is 5.91 Å². The predicted octanol–water partition coefficient (Wildman–Crippen LogP) is 2.29. The number of aliphatic hydroxyl groups excluding tert-OH is 1. The summed E-state index contributed by atoms with van der Waals surface area (Å²) in [6, 6.07) is 5.96. The van der Waals surface area contributed by atoms with Crippen molar-refractivity contribution >= 4 is 15.9 Å². The first kappa shape index (κ1) is 19.9. The first-order valence-corrected chi connectivity index (χ1v) is 11.8. The van der Waals surface area contributed by atoms with Gasteiger partial charge in [0.1, 0.15) is 0 Å². The average molecular weight is 407 g/mol. The van der Waals surface area contributed by atoms with Crippen molar-refractivity contribution in [3.8, 4) is 0 Å². The SMILES string of the molecule is CC(O)CNS(=O)(=O)c1ccc(C(=O)NCC23CC4CC(CC(C4)C2)C3)cc1. The van der Waals surface area contributed by atoms with Crippen LogP contribution in [0.4, 0.5) is 0 Å². The highest BCUT2D eigenvalue weighted by Crippen LogP contribution is 2.59. The number of amides is 1. The summed E-state index contributed by atoms with van der Waals surface area (Å²) in [5, 5.41) is 12.4. The standard InChI is InChI=1S/C21H30N2O4S/c1-14(24)12-23-28(26,27)19-4-2-18(3-5-19)20(25)22-13-21-9-15-6-16(10-21)8-17(7-15)11-21/h2-5,14-17,23-24H,6-13H2,1H3,(H,22,25). The number of rotatable bonds is 7. The number of benzene rings is 1. The smallest absolute Gasteiger partial charge is 0.251 e. The molecule has 4 aliphatic rings. The Hall–Kier alpha value is -1.44. The van der Waals surface area contributed by atoms with Crippen LogP contribution in [-0.2, 0) is 10.0 Å². The zero-order valence-electron chi connectivity index (χ0n) is 16.4. The Bertz CT molecular complexity index is 797. The van der Waals surface area contributed by atoms with Crippen LogP contribution in [0.2, 0.25) is 0 Å². The number of hydrogen-bond acceptors (Lipinski definition) is 4. The van der Waals surface area contributed by atoms with Crippen molar-refractivity contribution < 1.29 is 18.3 Å². The lowest BCUT2D eigenvalue weighted by molar-refractivity contribution is -0.0503. The van der Waals surface area contributed by atoms with Gasteiger partial charge in [-0.3, -0.25) is 4.79 Å². The predicted molar refractivity (Wildman–Crippen MR) is 106 cm³/mol. The molecule has 1 aromatic rings. The molecule has 4 fully saturated rings. The normalized spacial score (nSPS) is 32.3.